The van der Waals surface area contributed by atoms with Crippen LogP contribution in [0.1, 0.15) is 0 Å². The van der Waals surface area contributed by atoms with Crippen molar-refractivity contribution in [1.82, 2.24) is 0 Å². The second-order valence-electron chi connectivity index (χ2n) is 5.96. The van der Waals surface area contributed by atoms with Gasteiger partial charge >= 0.3 is 6.09 Å². The molecule has 1 heterocycles. The van der Waals surface area contributed by atoms with E-state index in [9.17, 15) is 4.79 Å². The third-order valence-electron chi connectivity index (χ3n) is 4.03. The Kier molecular flexibility index (Phi) is 5.08. The first kappa shape index (κ1) is 17.8. The topological polar surface area (TPSA) is 63.8 Å². The van der Waals surface area contributed by atoms with Gasteiger partial charge in [-0.05, 0) is 36.4 Å². The summed E-state index contributed by atoms with van der Waals surface area (Å²) >= 11 is 5.84. The number of amides is 1. The van der Waals surface area contributed by atoms with Crippen LogP contribution >= 0.6 is 11.6 Å². The molecule has 1 amide bonds. The van der Waals surface area contributed by atoms with Gasteiger partial charge in [-0.15, -0.1) is 0 Å². The summed E-state index contributed by atoms with van der Waals surface area (Å²) in [6, 6.07) is 25.5. The van der Waals surface area contributed by atoms with Gasteiger partial charge in [0.2, 0.25) is 0 Å². The molecule has 6 heteroatoms. The molecule has 0 aliphatic rings. The highest BCUT2D eigenvalue weighted by molar-refractivity contribution is 6.30. The highest BCUT2D eigenvalue weighted by Crippen LogP contribution is 2.21. The normalized spacial score (nSPS) is 11.4. The molecule has 0 fully saturated rings. The lowest BCUT2D eigenvalue weighted by Crippen LogP contribution is -2.13. The highest BCUT2D eigenvalue weighted by atomic mass is 35.5. The first-order chi connectivity index (χ1) is 13.7. The Balaban J connectivity index is 1.66. The molecule has 0 bridgehead atoms. The maximum Gasteiger partial charge on any atom is 0.437 e. The number of nitrogens with zero attached hydrogens (tertiary/aromatic N) is 1. The lowest BCUT2D eigenvalue weighted by atomic mass is 10.1. The van der Waals surface area contributed by atoms with Gasteiger partial charge in [-0.1, -0.05) is 59.2 Å². The smallest absolute Gasteiger partial charge is 0.437 e. The van der Waals surface area contributed by atoms with Crippen LogP contribution in [0, 0.1) is 0 Å². The van der Waals surface area contributed by atoms with Crippen molar-refractivity contribution < 1.29 is 14.0 Å². The summed E-state index contributed by atoms with van der Waals surface area (Å²) in [6.45, 7) is 0. The summed E-state index contributed by atoms with van der Waals surface area (Å²) < 4.78 is 5.97. The summed E-state index contributed by atoms with van der Waals surface area (Å²) in [7, 11) is 0. The van der Waals surface area contributed by atoms with E-state index in [2.05, 4.69) is 10.5 Å². The molecule has 138 valence electrons. The maximum atomic E-state index is 12.1. The van der Waals surface area contributed by atoms with Gasteiger partial charge in [-0.25, -0.2) is 4.79 Å². The lowest BCUT2D eigenvalue weighted by molar-refractivity contribution is 0.162. The predicted molar refractivity (Wildman–Crippen MR) is 109 cm³/mol. The minimum Gasteiger partial charge on any atom is -0.456 e. The summed E-state index contributed by atoms with van der Waals surface area (Å²) in [5.41, 5.74) is 2.10. The second-order valence-corrected chi connectivity index (χ2v) is 6.40. The quantitative estimate of drug-likeness (QED) is 0.354. The average Bonchev–Trinajstić information content (AvgIpc) is 2.74. The SMILES string of the molecule is O=C(Nc1ccc(Cl)cc1)O/N=c1\cc(-c2ccccc2)oc2ccccc12. The number of rotatable bonds is 3. The molecule has 0 unspecified atom stereocenters. The van der Waals surface area contributed by atoms with Gasteiger partial charge in [-0.2, -0.15) is 0 Å². The van der Waals surface area contributed by atoms with Crippen LogP contribution in [-0.2, 0) is 4.84 Å². The summed E-state index contributed by atoms with van der Waals surface area (Å²) in [5, 5.41) is 8.44. The fourth-order valence-electron chi connectivity index (χ4n) is 2.70. The van der Waals surface area contributed by atoms with Crippen LogP contribution in [0.3, 0.4) is 0 Å². The molecule has 1 N–H and O–H groups in total. The molecule has 4 rings (SSSR count). The summed E-state index contributed by atoms with van der Waals surface area (Å²) in [6.07, 6.45) is -0.701. The van der Waals surface area contributed by atoms with E-state index in [-0.39, 0.29) is 0 Å². The van der Waals surface area contributed by atoms with Gasteiger partial charge in [0, 0.05) is 27.7 Å². The molecule has 4 aromatic rings. The molecule has 0 saturated heterocycles. The number of hydrogen-bond acceptors (Lipinski definition) is 4. The number of anilines is 1. The number of hydrogen-bond donors (Lipinski definition) is 1. The molecule has 28 heavy (non-hydrogen) atoms. The van der Waals surface area contributed by atoms with E-state index in [0.717, 1.165) is 10.9 Å². The minimum absolute atomic E-state index is 0.493. The molecule has 0 radical (unpaired) electrons. The Bertz CT molecular complexity index is 1190. The number of halogens is 1. The van der Waals surface area contributed by atoms with Crippen molar-refractivity contribution >= 4 is 34.4 Å². The number of carbonyl (C=O) groups is 1. The monoisotopic (exact) mass is 390 g/mol. The zero-order valence-corrected chi connectivity index (χ0v) is 15.4. The van der Waals surface area contributed by atoms with Crippen molar-refractivity contribution in [2.75, 3.05) is 5.32 Å². The standard InChI is InChI=1S/C22H15ClN2O3/c23-16-10-12-17(13-11-16)24-22(26)28-25-19-14-21(15-6-2-1-3-7-15)27-20-9-5-4-8-18(19)20/h1-14H,(H,24,26)/b25-19+. The van der Waals surface area contributed by atoms with Crippen molar-refractivity contribution in [3.05, 3.63) is 95.3 Å². The van der Waals surface area contributed by atoms with E-state index >= 15 is 0 Å². The molecule has 0 aliphatic heterocycles. The zero-order chi connectivity index (χ0) is 19.3. The third-order valence-corrected chi connectivity index (χ3v) is 4.28. The first-order valence-electron chi connectivity index (χ1n) is 8.55. The van der Waals surface area contributed by atoms with E-state index in [1.54, 1.807) is 30.3 Å². The molecule has 0 spiro atoms. The van der Waals surface area contributed by atoms with E-state index in [4.69, 9.17) is 20.9 Å². The minimum atomic E-state index is -0.701. The van der Waals surface area contributed by atoms with Crippen LogP contribution < -0.4 is 10.7 Å². The second kappa shape index (κ2) is 7.98. The summed E-state index contributed by atoms with van der Waals surface area (Å²) in [4.78, 5) is 17.1. The predicted octanol–water partition coefficient (Wildman–Crippen LogP) is 5.82. The van der Waals surface area contributed by atoms with Crippen LogP contribution in [0.15, 0.2) is 94.5 Å². The van der Waals surface area contributed by atoms with E-state index in [1.807, 2.05) is 54.6 Å². The van der Waals surface area contributed by atoms with Crippen molar-refractivity contribution in [3.8, 4) is 11.3 Å². The third kappa shape index (κ3) is 4.05. The Hall–Kier alpha value is -3.57. The van der Waals surface area contributed by atoms with Crippen LogP contribution in [0.25, 0.3) is 22.3 Å². The number of benzene rings is 3. The van der Waals surface area contributed by atoms with Crippen molar-refractivity contribution in [2.24, 2.45) is 5.16 Å². The molecule has 3 aromatic carbocycles. The molecule has 0 atom stereocenters. The van der Waals surface area contributed by atoms with E-state index in [0.29, 0.717) is 27.4 Å². The van der Waals surface area contributed by atoms with Gasteiger partial charge in [0.1, 0.15) is 16.7 Å². The fourth-order valence-corrected chi connectivity index (χ4v) is 2.83. The largest absolute Gasteiger partial charge is 0.456 e. The van der Waals surface area contributed by atoms with Crippen LogP contribution in [0.4, 0.5) is 10.5 Å². The van der Waals surface area contributed by atoms with Gasteiger partial charge < -0.3 is 4.42 Å². The van der Waals surface area contributed by atoms with Gasteiger partial charge in [-0.3, -0.25) is 10.2 Å². The van der Waals surface area contributed by atoms with Gasteiger partial charge in [0.25, 0.3) is 0 Å². The van der Waals surface area contributed by atoms with E-state index in [1.165, 1.54) is 0 Å². The average molecular weight is 391 g/mol. The van der Waals surface area contributed by atoms with Crippen LogP contribution in [0.5, 0.6) is 0 Å². The number of fused-ring (bicyclic) bond motifs is 1. The number of nitrogens with one attached hydrogen (secondary N) is 1. The molecule has 0 aliphatic carbocycles. The van der Waals surface area contributed by atoms with Gasteiger partial charge in [0.15, 0.2) is 0 Å². The van der Waals surface area contributed by atoms with E-state index < -0.39 is 6.09 Å². The van der Waals surface area contributed by atoms with Crippen LogP contribution in [-0.4, -0.2) is 6.09 Å². The fraction of sp³-hybridized carbons (Fsp3) is 0. The maximum absolute atomic E-state index is 12.1. The van der Waals surface area contributed by atoms with Crippen LogP contribution in [0.2, 0.25) is 5.02 Å². The molecule has 5 nitrogen and oxygen atoms in total. The Morgan fingerprint density at radius 1 is 0.929 bits per heavy atom. The molecule has 1 aromatic heterocycles. The molecule has 0 saturated carbocycles. The summed E-state index contributed by atoms with van der Waals surface area (Å²) in [5.74, 6) is 0.625. The van der Waals surface area contributed by atoms with Crippen molar-refractivity contribution in [3.63, 3.8) is 0 Å². The molecular formula is C22H15ClN2O3. The Morgan fingerprint density at radius 3 is 2.43 bits per heavy atom. The Morgan fingerprint density at radius 2 is 1.64 bits per heavy atom. The number of carbonyl (C=O) groups excluding carboxylic acids is 1. The Labute approximate surface area is 165 Å². The molecular weight excluding hydrogens is 376 g/mol. The van der Waals surface area contributed by atoms with Gasteiger partial charge in [0.05, 0.1) is 0 Å². The highest BCUT2D eigenvalue weighted by Gasteiger charge is 2.07. The first-order valence-corrected chi connectivity index (χ1v) is 8.93. The number of para-hydroxylation sites is 1. The zero-order valence-electron chi connectivity index (χ0n) is 14.6. The van der Waals surface area contributed by atoms with Crippen molar-refractivity contribution in [1.29, 1.82) is 0 Å². The van der Waals surface area contributed by atoms with Crippen molar-refractivity contribution in [2.45, 2.75) is 0 Å². The lowest BCUT2D eigenvalue weighted by Gasteiger charge is -2.05.